The molecule has 0 radical (unpaired) electrons. The maximum Gasteiger partial charge on any atom is 0.243 e. The molecule has 1 aromatic rings. The fraction of sp³-hybridized carbons (Fsp3) is 0.571. The largest absolute Gasteiger partial charge is 0.493 e. The Morgan fingerprint density at radius 2 is 2.19 bits per heavy atom. The molecule has 2 N–H and O–H groups in total. The van der Waals surface area contributed by atoms with E-state index < -0.39 is 10.0 Å². The highest BCUT2D eigenvalue weighted by Gasteiger charge is 2.39. The number of hydrogen-bond donors (Lipinski definition) is 1. The number of ether oxygens (including phenoxy) is 1. The van der Waals surface area contributed by atoms with Crippen molar-refractivity contribution >= 4 is 26.0 Å². The Balaban J connectivity index is 2.27. The summed E-state index contributed by atoms with van der Waals surface area (Å²) in [7, 11) is -3.48. The van der Waals surface area contributed by atoms with E-state index in [1.807, 2.05) is 13.8 Å². The molecule has 1 fully saturated rings. The van der Waals surface area contributed by atoms with Gasteiger partial charge in [0.1, 0.15) is 5.75 Å². The molecule has 0 amide bonds. The second kappa shape index (κ2) is 6.24. The second-order valence-electron chi connectivity index (χ2n) is 5.63. The third-order valence-electron chi connectivity index (χ3n) is 3.86. The van der Waals surface area contributed by atoms with Crippen molar-refractivity contribution in [2.45, 2.75) is 25.2 Å². The number of nitrogens with two attached hydrogens (primary N) is 1. The lowest BCUT2D eigenvalue weighted by Crippen LogP contribution is -2.34. The van der Waals surface area contributed by atoms with Crippen molar-refractivity contribution in [1.29, 1.82) is 0 Å². The molecule has 1 aliphatic rings. The van der Waals surface area contributed by atoms with E-state index in [0.29, 0.717) is 36.5 Å². The Bertz CT molecular complexity index is 621. The average Bonchev–Trinajstić information content (AvgIpc) is 2.85. The minimum atomic E-state index is -3.48. The van der Waals surface area contributed by atoms with Gasteiger partial charge in [-0.1, -0.05) is 6.92 Å². The van der Waals surface area contributed by atoms with Crippen LogP contribution >= 0.6 is 15.9 Å². The van der Waals surface area contributed by atoms with Crippen molar-refractivity contribution in [2.75, 3.05) is 26.2 Å². The summed E-state index contributed by atoms with van der Waals surface area (Å²) >= 11 is 3.36. The first-order chi connectivity index (χ1) is 9.82. The first-order valence-corrected chi connectivity index (χ1v) is 9.18. The van der Waals surface area contributed by atoms with Gasteiger partial charge in [-0.3, -0.25) is 0 Å². The van der Waals surface area contributed by atoms with Crippen LogP contribution in [0.3, 0.4) is 0 Å². The van der Waals surface area contributed by atoms with Gasteiger partial charge in [0, 0.05) is 13.1 Å². The topological polar surface area (TPSA) is 72.6 Å². The predicted molar refractivity (Wildman–Crippen MR) is 85.8 cm³/mol. The normalized spacial score (nSPS) is 23.4. The Kier molecular flexibility index (Phi) is 4.97. The zero-order valence-corrected chi connectivity index (χ0v) is 14.7. The summed E-state index contributed by atoms with van der Waals surface area (Å²) in [5, 5.41) is 0. The average molecular weight is 377 g/mol. The fourth-order valence-electron chi connectivity index (χ4n) is 2.41. The van der Waals surface area contributed by atoms with E-state index in [1.165, 1.54) is 4.31 Å². The molecule has 0 bridgehead atoms. The van der Waals surface area contributed by atoms with Crippen molar-refractivity contribution in [3.8, 4) is 5.75 Å². The summed E-state index contributed by atoms with van der Waals surface area (Å²) in [5.41, 5.74) is 5.61. The maximum atomic E-state index is 12.7. The standard InChI is InChI=1S/C14H21BrN2O3S/c1-3-20-13-5-4-11(8-12(13)15)21(18,19)17-7-6-14(2,9-16)10-17/h4-5,8H,3,6-7,9-10,16H2,1-2H3. The molecule has 1 aromatic carbocycles. The lowest BCUT2D eigenvalue weighted by atomic mass is 9.90. The van der Waals surface area contributed by atoms with Gasteiger partial charge in [0.25, 0.3) is 0 Å². The van der Waals surface area contributed by atoms with Crippen LogP contribution in [-0.2, 0) is 10.0 Å². The van der Waals surface area contributed by atoms with Gasteiger partial charge in [-0.25, -0.2) is 8.42 Å². The second-order valence-corrected chi connectivity index (χ2v) is 8.42. The number of benzene rings is 1. The molecule has 0 spiro atoms. The fourth-order valence-corrected chi connectivity index (χ4v) is 4.68. The minimum Gasteiger partial charge on any atom is -0.493 e. The van der Waals surface area contributed by atoms with Crippen molar-refractivity contribution < 1.29 is 13.2 Å². The molecular formula is C14H21BrN2O3S. The molecule has 1 aliphatic heterocycles. The Morgan fingerprint density at radius 3 is 2.71 bits per heavy atom. The number of rotatable bonds is 5. The molecule has 0 saturated carbocycles. The zero-order valence-electron chi connectivity index (χ0n) is 12.3. The Morgan fingerprint density at radius 1 is 1.48 bits per heavy atom. The summed E-state index contributed by atoms with van der Waals surface area (Å²) in [6.07, 6.45) is 0.793. The molecule has 0 aliphatic carbocycles. The highest BCUT2D eigenvalue weighted by atomic mass is 79.9. The van der Waals surface area contributed by atoms with E-state index >= 15 is 0 Å². The molecule has 2 rings (SSSR count). The van der Waals surface area contributed by atoms with Crippen LogP contribution in [0.5, 0.6) is 5.75 Å². The number of hydrogen-bond acceptors (Lipinski definition) is 4. The van der Waals surface area contributed by atoms with Crippen molar-refractivity contribution in [3.63, 3.8) is 0 Å². The third kappa shape index (κ3) is 3.41. The lowest BCUT2D eigenvalue weighted by Gasteiger charge is -2.22. The van der Waals surface area contributed by atoms with Crippen LogP contribution in [-0.4, -0.2) is 39.0 Å². The summed E-state index contributed by atoms with van der Waals surface area (Å²) < 4.78 is 32.9. The SMILES string of the molecule is CCOc1ccc(S(=O)(=O)N2CCC(C)(CN)C2)cc1Br. The molecule has 0 aromatic heterocycles. The van der Waals surface area contributed by atoms with Gasteiger partial charge < -0.3 is 10.5 Å². The molecule has 118 valence electrons. The Hall–Kier alpha value is -0.630. The first kappa shape index (κ1) is 16.7. The van der Waals surface area contributed by atoms with Gasteiger partial charge in [-0.2, -0.15) is 4.31 Å². The van der Waals surface area contributed by atoms with Crippen molar-refractivity contribution in [3.05, 3.63) is 22.7 Å². The lowest BCUT2D eigenvalue weighted by molar-refractivity contribution is 0.337. The van der Waals surface area contributed by atoms with Crippen LogP contribution in [0.25, 0.3) is 0 Å². The monoisotopic (exact) mass is 376 g/mol. The number of sulfonamides is 1. The third-order valence-corrected chi connectivity index (χ3v) is 6.32. The smallest absolute Gasteiger partial charge is 0.243 e. The van der Waals surface area contributed by atoms with Gasteiger partial charge in [0.2, 0.25) is 10.0 Å². The van der Waals surface area contributed by atoms with Crippen LogP contribution in [0.1, 0.15) is 20.3 Å². The van der Waals surface area contributed by atoms with Crippen LogP contribution in [0, 0.1) is 5.41 Å². The van der Waals surface area contributed by atoms with Gasteiger partial charge in [-0.05, 0) is 59.4 Å². The highest BCUT2D eigenvalue weighted by molar-refractivity contribution is 9.10. The van der Waals surface area contributed by atoms with E-state index in [2.05, 4.69) is 15.9 Å². The Labute approximate surface area is 134 Å². The molecule has 7 heteroatoms. The van der Waals surface area contributed by atoms with Crippen LogP contribution in [0.15, 0.2) is 27.6 Å². The van der Waals surface area contributed by atoms with Crippen molar-refractivity contribution in [2.24, 2.45) is 11.1 Å². The quantitative estimate of drug-likeness (QED) is 0.854. The van der Waals surface area contributed by atoms with Gasteiger partial charge in [0.15, 0.2) is 0 Å². The molecule has 1 heterocycles. The molecular weight excluding hydrogens is 356 g/mol. The van der Waals surface area contributed by atoms with Gasteiger partial charge in [-0.15, -0.1) is 0 Å². The predicted octanol–water partition coefficient (Wildman–Crippen LogP) is 2.21. The number of halogens is 1. The van der Waals surface area contributed by atoms with E-state index in [1.54, 1.807) is 18.2 Å². The molecule has 1 unspecified atom stereocenters. The first-order valence-electron chi connectivity index (χ1n) is 6.95. The van der Waals surface area contributed by atoms with E-state index in [4.69, 9.17) is 10.5 Å². The maximum absolute atomic E-state index is 12.7. The van der Waals surface area contributed by atoms with E-state index in [-0.39, 0.29) is 10.3 Å². The van der Waals surface area contributed by atoms with Gasteiger partial charge in [0.05, 0.1) is 16.0 Å². The summed E-state index contributed by atoms with van der Waals surface area (Å²) in [6.45, 7) is 5.92. The van der Waals surface area contributed by atoms with Gasteiger partial charge >= 0.3 is 0 Å². The molecule has 1 atom stereocenters. The van der Waals surface area contributed by atoms with Crippen LogP contribution in [0.2, 0.25) is 0 Å². The minimum absolute atomic E-state index is 0.129. The molecule has 21 heavy (non-hydrogen) atoms. The number of nitrogens with zero attached hydrogens (tertiary/aromatic N) is 1. The van der Waals surface area contributed by atoms with Crippen LogP contribution < -0.4 is 10.5 Å². The molecule has 1 saturated heterocycles. The van der Waals surface area contributed by atoms with Crippen molar-refractivity contribution in [1.82, 2.24) is 4.31 Å². The summed E-state index contributed by atoms with van der Waals surface area (Å²) in [5.74, 6) is 0.643. The highest BCUT2D eigenvalue weighted by Crippen LogP contribution is 2.34. The summed E-state index contributed by atoms with van der Waals surface area (Å²) in [4.78, 5) is 0.277. The molecule has 5 nitrogen and oxygen atoms in total. The zero-order chi connectivity index (χ0) is 15.7. The van der Waals surface area contributed by atoms with Crippen LogP contribution in [0.4, 0.5) is 0 Å². The van der Waals surface area contributed by atoms with E-state index in [0.717, 1.165) is 6.42 Å². The summed E-state index contributed by atoms with van der Waals surface area (Å²) in [6, 6.07) is 4.86. The van der Waals surface area contributed by atoms with E-state index in [9.17, 15) is 8.42 Å².